The summed E-state index contributed by atoms with van der Waals surface area (Å²) in [6.07, 6.45) is 1.98. The Balaban J connectivity index is 2.24. The van der Waals surface area contributed by atoms with Crippen molar-refractivity contribution in [2.75, 3.05) is 6.54 Å². The first-order valence-corrected chi connectivity index (χ1v) is 9.13. The van der Waals surface area contributed by atoms with Gasteiger partial charge < -0.3 is 10.2 Å². The Morgan fingerprint density at radius 1 is 1.36 bits per heavy atom. The summed E-state index contributed by atoms with van der Waals surface area (Å²) in [6.45, 7) is 6.30. The summed E-state index contributed by atoms with van der Waals surface area (Å²) < 4.78 is 0.410. The Kier molecular flexibility index (Phi) is 5.90. The monoisotopic (exact) mass is 379 g/mol. The number of phenols is 1. The number of carbonyl (C=O) groups excluding carboxylic acids is 1. The van der Waals surface area contributed by atoms with Crippen molar-refractivity contribution >= 4 is 46.3 Å². The van der Waals surface area contributed by atoms with Gasteiger partial charge in [0.25, 0.3) is 5.91 Å². The van der Waals surface area contributed by atoms with Crippen molar-refractivity contribution in [1.82, 2.24) is 4.90 Å². The molecule has 1 aromatic rings. The number of nitrogens with zero attached hydrogens (tertiary/aromatic N) is 1. The number of hydrogen-bond donors (Lipinski definition) is 2. The van der Waals surface area contributed by atoms with E-state index in [9.17, 15) is 14.7 Å². The zero-order chi connectivity index (χ0) is 18.8. The Morgan fingerprint density at radius 2 is 2.04 bits per heavy atom. The molecule has 1 aromatic carbocycles. The minimum absolute atomic E-state index is 0.00940. The van der Waals surface area contributed by atoms with Gasteiger partial charge in [-0.25, -0.2) is 0 Å². The molecule has 1 amide bonds. The van der Waals surface area contributed by atoms with E-state index >= 15 is 0 Å². The number of aromatic hydroxyl groups is 1. The minimum atomic E-state index is -0.898. The van der Waals surface area contributed by atoms with E-state index in [0.717, 1.165) is 5.56 Å². The Morgan fingerprint density at radius 3 is 2.64 bits per heavy atom. The zero-order valence-electron chi connectivity index (χ0n) is 14.4. The van der Waals surface area contributed by atoms with Crippen LogP contribution >= 0.6 is 24.0 Å². The van der Waals surface area contributed by atoms with Crippen molar-refractivity contribution in [3.63, 3.8) is 0 Å². The van der Waals surface area contributed by atoms with Gasteiger partial charge >= 0.3 is 5.97 Å². The lowest BCUT2D eigenvalue weighted by Crippen LogP contribution is -2.29. The molecule has 25 heavy (non-hydrogen) atoms. The van der Waals surface area contributed by atoms with Crippen LogP contribution in [0.2, 0.25) is 0 Å². The van der Waals surface area contributed by atoms with Gasteiger partial charge in [-0.05, 0) is 23.5 Å². The summed E-state index contributed by atoms with van der Waals surface area (Å²) in [5, 5.41) is 19.2. The topological polar surface area (TPSA) is 77.8 Å². The third-order valence-electron chi connectivity index (χ3n) is 3.81. The van der Waals surface area contributed by atoms with Crippen molar-refractivity contribution in [1.29, 1.82) is 0 Å². The largest absolute Gasteiger partial charge is 0.507 e. The number of carbonyl (C=O) groups is 2. The first-order valence-electron chi connectivity index (χ1n) is 7.91. The number of amides is 1. The third kappa shape index (κ3) is 4.61. The second-order valence-electron chi connectivity index (χ2n) is 6.82. The molecule has 134 valence electrons. The van der Waals surface area contributed by atoms with Crippen LogP contribution in [0.5, 0.6) is 5.75 Å². The van der Waals surface area contributed by atoms with Crippen molar-refractivity contribution in [3.8, 4) is 5.75 Å². The highest BCUT2D eigenvalue weighted by atomic mass is 32.2. The average molecular weight is 380 g/mol. The number of aliphatic carboxylic acids is 1. The first-order chi connectivity index (χ1) is 11.6. The first kappa shape index (κ1) is 19.5. The van der Waals surface area contributed by atoms with Crippen LogP contribution in [0.1, 0.15) is 44.7 Å². The molecule has 1 aliphatic heterocycles. The lowest BCUT2D eigenvalue weighted by molar-refractivity contribution is -0.137. The molecule has 5 nitrogen and oxygen atoms in total. The lowest BCUT2D eigenvalue weighted by Gasteiger charge is -2.21. The van der Waals surface area contributed by atoms with E-state index in [0.29, 0.717) is 21.2 Å². The van der Waals surface area contributed by atoms with Crippen LogP contribution in [0.3, 0.4) is 0 Å². The molecule has 0 unspecified atom stereocenters. The van der Waals surface area contributed by atoms with Crippen LogP contribution in [-0.2, 0) is 15.0 Å². The minimum Gasteiger partial charge on any atom is -0.507 e. The molecular formula is C18H21NO4S2. The molecule has 0 radical (unpaired) electrons. The van der Waals surface area contributed by atoms with Gasteiger partial charge in [0.05, 0.1) is 4.91 Å². The van der Waals surface area contributed by atoms with Crippen LogP contribution in [0.15, 0.2) is 23.1 Å². The van der Waals surface area contributed by atoms with E-state index in [1.165, 1.54) is 16.7 Å². The molecule has 1 saturated heterocycles. The van der Waals surface area contributed by atoms with Gasteiger partial charge in [-0.2, -0.15) is 0 Å². The smallest absolute Gasteiger partial charge is 0.303 e. The van der Waals surface area contributed by atoms with E-state index in [-0.39, 0.29) is 30.0 Å². The normalized spacial score (nSPS) is 16.8. The quantitative estimate of drug-likeness (QED) is 0.599. The van der Waals surface area contributed by atoms with Crippen molar-refractivity contribution in [3.05, 3.63) is 34.2 Å². The van der Waals surface area contributed by atoms with E-state index in [1.807, 2.05) is 32.9 Å². The van der Waals surface area contributed by atoms with E-state index in [2.05, 4.69) is 0 Å². The number of carboxylic acids is 1. The number of rotatable bonds is 5. The number of thioether (sulfide) groups is 1. The number of phenolic OH excluding ortho intramolecular Hbond substituents is 1. The molecule has 1 aliphatic rings. The Hall–Kier alpha value is -1.86. The number of carboxylic acid groups (broad SMARTS) is 1. The van der Waals surface area contributed by atoms with E-state index in [4.69, 9.17) is 17.3 Å². The van der Waals surface area contributed by atoms with E-state index in [1.54, 1.807) is 12.1 Å². The summed E-state index contributed by atoms with van der Waals surface area (Å²) in [7, 11) is 0. The van der Waals surface area contributed by atoms with Crippen molar-refractivity contribution < 1.29 is 19.8 Å². The van der Waals surface area contributed by atoms with Gasteiger partial charge in [0.15, 0.2) is 0 Å². The summed E-state index contributed by atoms with van der Waals surface area (Å²) in [4.78, 5) is 25.0. The maximum Gasteiger partial charge on any atom is 0.303 e. The van der Waals surface area contributed by atoms with Crippen LogP contribution < -0.4 is 0 Å². The van der Waals surface area contributed by atoms with Crippen molar-refractivity contribution in [2.24, 2.45) is 0 Å². The van der Waals surface area contributed by atoms with Crippen LogP contribution in [0.25, 0.3) is 6.08 Å². The molecule has 2 rings (SSSR count). The van der Waals surface area contributed by atoms with Gasteiger partial charge in [-0.3, -0.25) is 14.5 Å². The number of benzene rings is 1. The molecule has 7 heteroatoms. The van der Waals surface area contributed by atoms with E-state index < -0.39 is 5.97 Å². The highest BCUT2D eigenvalue weighted by Crippen LogP contribution is 2.37. The molecule has 2 N–H and O–H groups in total. The van der Waals surface area contributed by atoms with Crippen molar-refractivity contribution in [2.45, 2.75) is 39.0 Å². The number of thiocarbonyl (C=S) groups is 1. The predicted molar refractivity (Wildman–Crippen MR) is 104 cm³/mol. The van der Waals surface area contributed by atoms with Gasteiger partial charge in [-0.15, -0.1) is 0 Å². The maximum atomic E-state index is 12.5. The van der Waals surface area contributed by atoms with Gasteiger partial charge in [0.2, 0.25) is 0 Å². The molecule has 0 spiro atoms. The second-order valence-corrected chi connectivity index (χ2v) is 8.50. The Bertz CT molecular complexity index is 750. The molecule has 0 bridgehead atoms. The fourth-order valence-corrected chi connectivity index (χ4v) is 3.80. The average Bonchev–Trinajstić information content (AvgIpc) is 2.75. The summed E-state index contributed by atoms with van der Waals surface area (Å²) >= 11 is 6.39. The molecule has 0 aliphatic carbocycles. The molecule has 0 atom stereocenters. The summed E-state index contributed by atoms with van der Waals surface area (Å²) in [5.74, 6) is -0.989. The highest BCUT2D eigenvalue weighted by molar-refractivity contribution is 8.26. The van der Waals surface area contributed by atoms with Gasteiger partial charge in [-0.1, -0.05) is 63.0 Å². The predicted octanol–water partition coefficient (Wildman–Crippen LogP) is 3.76. The van der Waals surface area contributed by atoms with Crippen LogP contribution in [-0.4, -0.2) is 37.9 Å². The molecular weight excluding hydrogens is 358 g/mol. The maximum absolute atomic E-state index is 12.5. The molecule has 0 saturated carbocycles. The van der Waals surface area contributed by atoms with Crippen LogP contribution in [0, 0.1) is 0 Å². The van der Waals surface area contributed by atoms with Crippen LogP contribution in [0.4, 0.5) is 0 Å². The van der Waals surface area contributed by atoms with Gasteiger partial charge in [0, 0.05) is 18.5 Å². The molecule has 0 aromatic heterocycles. The zero-order valence-corrected chi connectivity index (χ0v) is 16.0. The Labute approximate surface area is 156 Å². The molecule has 1 heterocycles. The number of para-hydroxylation sites is 1. The number of hydrogen-bond acceptors (Lipinski definition) is 5. The fraction of sp³-hybridized carbons (Fsp3) is 0.389. The highest BCUT2D eigenvalue weighted by Gasteiger charge is 2.32. The lowest BCUT2D eigenvalue weighted by atomic mass is 9.85. The standard InChI is InChI=1S/C18H21NO4S2/c1-18(2,3)12-7-4-6-11(15(12)22)10-13-16(23)19(17(24)25-13)9-5-8-14(20)21/h4,6-7,10,22H,5,8-9H2,1-3H3,(H,20,21). The second kappa shape index (κ2) is 7.58. The SMILES string of the molecule is CC(C)(C)c1cccc(C=C2SC(=S)N(CCCC(=O)O)C2=O)c1O. The molecule has 1 fully saturated rings. The summed E-state index contributed by atoms with van der Waals surface area (Å²) in [5.41, 5.74) is 1.15. The third-order valence-corrected chi connectivity index (χ3v) is 5.19. The fourth-order valence-electron chi connectivity index (χ4n) is 2.51. The summed E-state index contributed by atoms with van der Waals surface area (Å²) in [6, 6.07) is 5.46. The van der Waals surface area contributed by atoms with Gasteiger partial charge in [0.1, 0.15) is 10.1 Å².